The van der Waals surface area contributed by atoms with Crippen molar-refractivity contribution >= 4 is 37.3 Å². The third kappa shape index (κ3) is 4.93. The molecule has 1 saturated heterocycles. The summed E-state index contributed by atoms with van der Waals surface area (Å²) in [4.78, 5) is 30.4. The monoisotopic (exact) mass is 584 g/mol. The van der Waals surface area contributed by atoms with Gasteiger partial charge in [0.1, 0.15) is 22.9 Å². The van der Waals surface area contributed by atoms with Crippen molar-refractivity contribution in [3.05, 3.63) is 71.6 Å². The standard InChI is InChI=1S/C33H40N4O4Si/c1-22(41-42(5,6)33(2,3)4)30-27-16-19-36(25-12-10-24(11-13-25)35-18-8-7-9-29(35)38)32(39)31(27)37(34-30)26-14-15-28-23(21-26)17-20-40-28/h10-15,21H,1,7-9,16-20H2,2-6H3. The molecule has 0 unspecified atom stereocenters. The van der Waals surface area contributed by atoms with Crippen LogP contribution in [0.1, 0.15) is 67.3 Å². The number of piperidine rings is 1. The zero-order valence-electron chi connectivity index (χ0n) is 25.3. The SMILES string of the molecule is C=C(O[Si](C)(C)C(C)(C)C)c1nn(-c2ccc3c(c2)CCO3)c2c1CCN(c1ccc(N3CCCCC3=O)cc1)C2=O. The van der Waals surface area contributed by atoms with E-state index in [1.807, 2.05) is 41.3 Å². The molecule has 1 aromatic heterocycles. The van der Waals surface area contributed by atoms with E-state index in [1.165, 1.54) is 0 Å². The molecule has 0 aliphatic carbocycles. The van der Waals surface area contributed by atoms with Gasteiger partial charge in [-0.15, -0.1) is 0 Å². The van der Waals surface area contributed by atoms with Crippen LogP contribution in [0.2, 0.25) is 18.1 Å². The van der Waals surface area contributed by atoms with Gasteiger partial charge in [-0.1, -0.05) is 27.4 Å². The molecule has 0 atom stereocenters. The minimum Gasteiger partial charge on any atom is -0.542 e. The highest BCUT2D eigenvalue weighted by Gasteiger charge is 2.41. The molecule has 2 aromatic carbocycles. The zero-order chi connectivity index (χ0) is 29.8. The van der Waals surface area contributed by atoms with Crippen LogP contribution in [-0.4, -0.2) is 49.6 Å². The Morgan fingerprint density at radius 2 is 1.62 bits per heavy atom. The van der Waals surface area contributed by atoms with E-state index >= 15 is 0 Å². The maximum atomic E-state index is 14.3. The van der Waals surface area contributed by atoms with Gasteiger partial charge in [-0.05, 0) is 85.4 Å². The molecule has 42 heavy (non-hydrogen) atoms. The number of fused-ring (bicyclic) bond motifs is 2. The van der Waals surface area contributed by atoms with Gasteiger partial charge >= 0.3 is 0 Å². The number of aromatic nitrogens is 2. The minimum absolute atomic E-state index is 0.00383. The maximum Gasteiger partial charge on any atom is 0.277 e. The Morgan fingerprint density at radius 3 is 2.31 bits per heavy atom. The first-order chi connectivity index (χ1) is 19.9. The van der Waals surface area contributed by atoms with E-state index in [9.17, 15) is 9.59 Å². The molecule has 3 aromatic rings. The van der Waals surface area contributed by atoms with Crippen molar-refractivity contribution < 1.29 is 18.8 Å². The van der Waals surface area contributed by atoms with Crippen molar-refractivity contribution in [3.8, 4) is 11.4 Å². The highest BCUT2D eigenvalue weighted by atomic mass is 28.4. The first-order valence-corrected chi connectivity index (χ1v) is 17.8. The number of hydrogen-bond acceptors (Lipinski definition) is 5. The predicted octanol–water partition coefficient (Wildman–Crippen LogP) is 6.52. The van der Waals surface area contributed by atoms with Crippen LogP contribution in [-0.2, 0) is 22.1 Å². The van der Waals surface area contributed by atoms with E-state index in [0.717, 1.165) is 59.7 Å². The average molecular weight is 585 g/mol. The Balaban J connectivity index is 1.37. The fourth-order valence-corrected chi connectivity index (χ4v) is 6.74. The summed E-state index contributed by atoms with van der Waals surface area (Å²) < 4.78 is 14.1. The summed E-state index contributed by atoms with van der Waals surface area (Å²) in [6.45, 7) is 17.2. The van der Waals surface area contributed by atoms with Crippen LogP contribution in [0.3, 0.4) is 0 Å². The largest absolute Gasteiger partial charge is 0.542 e. The quantitative estimate of drug-likeness (QED) is 0.244. The lowest BCUT2D eigenvalue weighted by atomic mass is 10.0. The molecule has 9 heteroatoms. The number of carbonyl (C=O) groups is 2. The summed E-state index contributed by atoms with van der Waals surface area (Å²) in [5, 5.41) is 4.99. The molecule has 0 radical (unpaired) electrons. The molecule has 6 rings (SSSR count). The van der Waals surface area contributed by atoms with Gasteiger partial charge in [-0.3, -0.25) is 9.59 Å². The number of nitrogens with zero attached hydrogens (tertiary/aromatic N) is 4. The molecule has 3 aliphatic heterocycles. The summed E-state index contributed by atoms with van der Waals surface area (Å²) in [6, 6.07) is 13.7. The second-order valence-corrected chi connectivity index (χ2v) is 17.7. The molecule has 8 nitrogen and oxygen atoms in total. The van der Waals surface area contributed by atoms with Gasteiger partial charge in [-0.25, -0.2) is 4.68 Å². The summed E-state index contributed by atoms with van der Waals surface area (Å²) in [6.07, 6.45) is 3.98. The van der Waals surface area contributed by atoms with Gasteiger partial charge in [0.25, 0.3) is 14.2 Å². The van der Waals surface area contributed by atoms with Crippen LogP contribution >= 0.6 is 0 Å². The third-order valence-corrected chi connectivity index (χ3v) is 13.5. The van der Waals surface area contributed by atoms with Gasteiger partial charge in [0, 0.05) is 42.9 Å². The first kappa shape index (κ1) is 28.3. The van der Waals surface area contributed by atoms with E-state index in [4.69, 9.17) is 14.3 Å². The highest BCUT2D eigenvalue weighted by molar-refractivity contribution is 6.74. The lowest BCUT2D eigenvalue weighted by molar-refractivity contribution is -0.119. The number of ether oxygens (including phenoxy) is 1. The molecule has 0 spiro atoms. The summed E-state index contributed by atoms with van der Waals surface area (Å²) >= 11 is 0. The second-order valence-electron chi connectivity index (χ2n) is 13.0. The molecule has 0 bridgehead atoms. The van der Waals surface area contributed by atoms with Crippen LogP contribution < -0.4 is 14.5 Å². The van der Waals surface area contributed by atoms with Crippen molar-refractivity contribution in [2.24, 2.45) is 0 Å². The molecule has 220 valence electrons. The third-order valence-electron chi connectivity index (χ3n) is 9.18. The molecular formula is C33H40N4O4Si. The Bertz CT molecular complexity index is 1570. The molecule has 2 amide bonds. The smallest absolute Gasteiger partial charge is 0.277 e. The van der Waals surface area contributed by atoms with Crippen molar-refractivity contribution in [3.63, 3.8) is 0 Å². The molecule has 4 heterocycles. The fraction of sp³-hybridized carbons (Fsp3) is 0.424. The van der Waals surface area contributed by atoms with Crippen molar-refractivity contribution in [1.82, 2.24) is 9.78 Å². The van der Waals surface area contributed by atoms with Gasteiger partial charge in [0.15, 0.2) is 0 Å². The van der Waals surface area contributed by atoms with Crippen molar-refractivity contribution in [2.45, 2.75) is 71.0 Å². The molecule has 1 fully saturated rings. The lowest BCUT2D eigenvalue weighted by Crippen LogP contribution is -2.40. The van der Waals surface area contributed by atoms with Crippen LogP contribution in [0, 0.1) is 0 Å². The number of hydrogen-bond donors (Lipinski definition) is 0. The number of anilines is 2. The van der Waals surface area contributed by atoms with E-state index < -0.39 is 8.32 Å². The Hall–Kier alpha value is -3.85. The molecule has 3 aliphatic rings. The second kappa shape index (κ2) is 10.5. The van der Waals surface area contributed by atoms with Gasteiger partial charge < -0.3 is 19.0 Å². The van der Waals surface area contributed by atoms with Crippen LogP contribution in [0.5, 0.6) is 5.75 Å². The van der Waals surface area contributed by atoms with E-state index in [-0.39, 0.29) is 16.9 Å². The van der Waals surface area contributed by atoms with Crippen LogP contribution in [0.25, 0.3) is 11.4 Å². The van der Waals surface area contributed by atoms with Crippen molar-refractivity contribution in [1.29, 1.82) is 0 Å². The topological polar surface area (TPSA) is 76.9 Å². The highest BCUT2D eigenvalue weighted by Crippen LogP contribution is 2.41. The number of carbonyl (C=O) groups excluding carboxylic acids is 2. The zero-order valence-corrected chi connectivity index (χ0v) is 26.3. The van der Waals surface area contributed by atoms with Gasteiger partial charge in [0.2, 0.25) is 5.91 Å². The maximum absolute atomic E-state index is 14.3. The molecular weight excluding hydrogens is 544 g/mol. The van der Waals surface area contributed by atoms with Gasteiger partial charge in [0.05, 0.1) is 12.3 Å². The Morgan fingerprint density at radius 1 is 0.929 bits per heavy atom. The minimum atomic E-state index is -2.18. The van der Waals surface area contributed by atoms with Crippen molar-refractivity contribution in [2.75, 3.05) is 29.5 Å². The fourth-order valence-electron chi connectivity index (χ4n) is 5.72. The predicted molar refractivity (Wildman–Crippen MR) is 168 cm³/mol. The van der Waals surface area contributed by atoms with Crippen LogP contribution in [0.15, 0.2) is 49.0 Å². The summed E-state index contributed by atoms with van der Waals surface area (Å²) in [7, 11) is -2.18. The lowest BCUT2D eigenvalue weighted by Gasteiger charge is -2.37. The number of amides is 2. The Kier molecular flexibility index (Phi) is 7.04. The molecule has 0 N–H and O–H groups in total. The van der Waals surface area contributed by atoms with E-state index in [0.29, 0.717) is 43.1 Å². The van der Waals surface area contributed by atoms with Gasteiger partial charge in [-0.2, -0.15) is 5.10 Å². The summed E-state index contributed by atoms with van der Waals surface area (Å²) in [5.41, 5.74) is 5.65. The Labute approximate surface area is 249 Å². The summed E-state index contributed by atoms with van der Waals surface area (Å²) in [5.74, 6) is 1.45. The normalized spacial score (nSPS) is 17.2. The van der Waals surface area contributed by atoms with E-state index in [1.54, 1.807) is 9.58 Å². The first-order valence-electron chi connectivity index (χ1n) is 14.9. The van der Waals surface area contributed by atoms with E-state index in [2.05, 4.69) is 46.5 Å². The average Bonchev–Trinajstić information content (AvgIpc) is 3.58. The molecule has 0 saturated carbocycles. The number of rotatable bonds is 6. The van der Waals surface area contributed by atoms with Crippen LogP contribution in [0.4, 0.5) is 11.4 Å². The number of benzene rings is 2.